The van der Waals surface area contributed by atoms with Gasteiger partial charge >= 0.3 is 6.18 Å². The third-order valence-corrected chi connectivity index (χ3v) is 2.84. The van der Waals surface area contributed by atoms with Crippen LogP contribution < -0.4 is 0 Å². The molecule has 0 N–H and O–H groups in total. The molecule has 0 spiro atoms. The Balaban J connectivity index is 1.75. The van der Waals surface area contributed by atoms with Gasteiger partial charge in [0, 0.05) is 38.8 Å². The highest BCUT2D eigenvalue weighted by molar-refractivity contribution is 4.93. The quantitative estimate of drug-likeness (QED) is 0.645. The summed E-state index contributed by atoms with van der Waals surface area (Å²) in [5.74, 6) is 0. The van der Waals surface area contributed by atoms with Crippen molar-refractivity contribution in [3.63, 3.8) is 0 Å². The second-order valence-corrected chi connectivity index (χ2v) is 3.81. The molecule has 5 heteroatoms. The zero-order chi connectivity index (χ0) is 9.47. The summed E-state index contributed by atoms with van der Waals surface area (Å²) >= 11 is 0. The fraction of sp³-hybridized carbons (Fsp3) is 1.00. The molecule has 3 heterocycles. The van der Waals surface area contributed by atoms with Crippen LogP contribution in [0.25, 0.3) is 0 Å². The first kappa shape index (κ1) is 9.27. The van der Waals surface area contributed by atoms with Crippen molar-refractivity contribution in [2.24, 2.45) is 0 Å². The number of hydrogen-bond acceptors (Lipinski definition) is 2. The highest BCUT2D eigenvalue weighted by Gasteiger charge is 2.38. The second-order valence-electron chi connectivity index (χ2n) is 3.81. The molecule has 0 radical (unpaired) electrons. The van der Waals surface area contributed by atoms with Crippen LogP contribution in [0.2, 0.25) is 0 Å². The third kappa shape index (κ3) is 2.14. The molecule has 0 aliphatic carbocycles. The van der Waals surface area contributed by atoms with Gasteiger partial charge in [0.05, 0.1) is 6.42 Å². The van der Waals surface area contributed by atoms with E-state index in [9.17, 15) is 13.2 Å². The number of rotatable bonds is 2. The lowest BCUT2D eigenvalue weighted by atomic mass is 10.0. The summed E-state index contributed by atoms with van der Waals surface area (Å²) in [6, 6.07) is 0.399. The van der Waals surface area contributed by atoms with Gasteiger partial charge in [0.15, 0.2) is 0 Å². The molecule has 0 atom stereocenters. The van der Waals surface area contributed by atoms with Crippen LogP contribution >= 0.6 is 0 Å². The minimum Gasteiger partial charge on any atom is -0.299 e. The number of halogens is 3. The Labute approximate surface area is 75.3 Å². The normalized spacial score (nSPS) is 34.4. The van der Waals surface area contributed by atoms with E-state index in [1.807, 2.05) is 4.90 Å². The van der Waals surface area contributed by atoms with E-state index in [2.05, 4.69) is 4.90 Å². The lowest BCUT2D eigenvalue weighted by molar-refractivity contribution is -0.144. The number of piperazine rings is 2. The lowest BCUT2D eigenvalue weighted by Crippen LogP contribution is -2.66. The molecule has 76 valence electrons. The third-order valence-electron chi connectivity index (χ3n) is 2.84. The summed E-state index contributed by atoms with van der Waals surface area (Å²) in [5.41, 5.74) is 0. The van der Waals surface area contributed by atoms with Crippen molar-refractivity contribution in [3.05, 3.63) is 0 Å². The Hall–Kier alpha value is -0.290. The van der Waals surface area contributed by atoms with Crippen molar-refractivity contribution in [2.45, 2.75) is 18.6 Å². The predicted octanol–water partition coefficient (Wildman–Crippen LogP) is 0.939. The molecule has 2 bridgehead atoms. The Kier molecular flexibility index (Phi) is 2.23. The van der Waals surface area contributed by atoms with Gasteiger partial charge in [0.2, 0.25) is 0 Å². The Morgan fingerprint density at radius 1 is 1.15 bits per heavy atom. The molecule has 3 rings (SSSR count). The highest BCUT2D eigenvalue weighted by atomic mass is 19.4. The van der Waals surface area contributed by atoms with Crippen LogP contribution in [-0.4, -0.2) is 54.7 Å². The Morgan fingerprint density at radius 2 is 1.85 bits per heavy atom. The monoisotopic (exact) mass is 194 g/mol. The first-order chi connectivity index (χ1) is 6.04. The van der Waals surface area contributed by atoms with Gasteiger partial charge in [-0.05, 0) is 0 Å². The molecule has 3 aliphatic heterocycles. The summed E-state index contributed by atoms with van der Waals surface area (Å²) in [6.45, 7) is 3.87. The molecule has 0 aromatic heterocycles. The fourth-order valence-corrected chi connectivity index (χ4v) is 1.97. The summed E-state index contributed by atoms with van der Waals surface area (Å²) in [4.78, 5) is 4.24. The minimum absolute atomic E-state index is 0.183. The Morgan fingerprint density at radius 3 is 2.31 bits per heavy atom. The summed E-state index contributed by atoms with van der Waals surface area (Å²) < 4.78 is 35.7. The molecule has 3 saturated heterocycles. The smallest absolute Gasteiger partial charge is 0.299 e. The van der Waals surface area contributed by atoms with Crippen molar-refractivity contribution in [3.8, 4) is 0 Å². The summed E-state index contributed by atoms with van der Waals surface area (Å²) in [5, 5.41) is 0. The average Bonchev–Trinajstić information content (AvgIpc) is 1.98. The minimum atomic E-state index is -4.00. The number of nitrogens with zero attached hydrogens (tertiary/aromatic N) is 2. The van der Waals surface area contributed by atoms with Gasteiger partial charge in [-0.15, -0.1) is 0 Å². The maximum Gasteiger partial charge on any atom is 0.390 e. The molecule has 0 aromatic carbocycles. The van der Waals surface area contributed by atoms with E-state index in [1.54, 1.807) is 0 Å². The molecule has 0 amide bonds. The molecule has 13 heavy (non-hydrogen) atoms. The van der Waals surface area contributed by atoms with Crippen LogP contribution in [0.1, 0.15) is 6.42 Å². The highest BCUT2D eigenvalue weighted by Crippen LogP contribution is 2.24. The van der Waals surface area contributed by atoms with E-state index < -0.39 is 12.6 Å². The van der Waals surface area contributed by atoms with Crippen molar-refractivity contribution >= 4 is 0 Å². The Bertz CT molecular complexity index is 184. The number of hydrogen-bond donors (Lipinski definition) is 0. The van der Waals surface area contributed by atoms with E-state index in [1.165, 1.54) is 0 Å². The van der Waals surface area contributed by atoms with E-state index >= 15 is 0 Å². The maximum atomic E-state index is 11.9. The molecular formula is C8H13F3N2. The first-order valence-electron chi connectivity index (χ1n) is 4.58. The predicted molar refractivity (Wildman–Crippen MR) is 42.5 cm³/mol. The van der Waals surface area contributed by atoms with Gasteiger partial charge < -0.3 is 0 Å². The molecule has 0 aromatic rings. The largest absolute Gasteiger partial charge is 0.390 e. The van der Waals surface area contributed by atoms with Gasteiger partial charge in [0.25, 0.3) is 0 Å². The standard InChI is InChI=1S/C8H13F3N2/c9-8(10,11)1-2-13-4-3-12-5-7(13)6-12/h7H,1-6H2. The van der Waals surface area contributed by atoms with Crippen LogP contribution in [0.3, 0.4) is 0 Å². The topological polar surface area (TPSA) is 6.48 Å². The lowest BCUT2D eigenvalue weighted by Gasteiger charge is -2.51. The van der Waals surface area contributed by atoms with Gasteiger partial charge in [-0.3, -0.25) is 9.80 Å². The van der Waals surface area contributed by atoms with Gasteiger partial charge in [-0.25, -0.2) is 0 Å². The SMILES string of the molecule is FC(F)(F)CCN1CCN2CC1C2. The van der Waals surface area contributed by atoms with E-state index in [4.69, 9.17) is 0 Å². The van der Waals surface area contributed by atoms with Gasteiger partial charge in [-0.2, -0.15) is 13.2 Å². The van der Waals surface area contributed by atoms with E-state index in [0.717, 1.165) is 26.2 Å². The summed E-state index contributed by atoms with van der Waals surface area (Å²) in [6.07, 6.45) is -4.66. The maximum absolute atomic E-state index is 11.9. The molecule has 2 nitrogen and oxygen atoms in total. The zero-order valence-electron chi connectivity index (χ0n) is 7.35. The van der Waals surface area contributed by atoms with E-state index in [0.29, 0.717) is 6.04 Å². The average molecular weight is 194 g/mol. The molecular weight excluding hydrogens is 181 g/mol. The molecule has 0 saturated carbocycles. The van der Waals surface area contributed by atoms with Gasteiger partial charge in [0.1, 0.15) is 0 Å². The van der Waals surface area contributed by atoms with Crippen LogP contribution in [0.15, 0.2) is 0 Å². The molecule has 3 fully saturated rings. The van der Waals surface area contributed by atoms with Crippen LogP contribution in [-0.2, 0) is 0 Å². The van der Waals surface area contributed by atoms with Crippen molar-refractivity contribution in [1.29, 1.82) is 0 Å². The second kappa shape index (κ2) is 3.13. The zero-order valence-corrected chi connectivity index (χ0v) is 7.35. The van der Waals surface area contributed by atoms with E-state index in [-0.39, 0.29) is 6.54 Å². The molecule has 3 aliphatic rings. The van der Waals surface area contributed by atoms with Crippen LogP contribution in [0.5, 0.6) is 0 Å². The van der Waals surface area contributed by atoms with Crippen molar-refractivity contribution in [2.75, 3.05) is 32.7 Å². The fourth-order valence-electron chi connectivity index (χ4n) is 1.97. The first-order valence-corrected chi connectivity index (χ1v) is 4.58. The van der Waals surface area contributed by atoms with Crippen LogP contribution in [0, 0.1) is 0 Å². The van der Waals surface area contributed by atoms with Gasteiger partial charge in [-0.1, -0.05) is 0 Å². The number of alkyl halides is 3. The molecule has 0 unspecified atom stereocenters. The van der Waals surface area contributed by atoms with Crippen LogP contribution in [0.4, 0.5) is 13.2 Å². The van der Waals surface area contributed by atoms with Crippen molar-refractivity contribution < 1.29 is 13.2 Å². The summed E-state index contributed by atoms with van der Waals surface area (Å²) in [7, 11) is 0. The van der Waals surface area contributed by atoms with Crippen molar-refractivity contribution in [1.82, 2.24) is 9.80 Å². The number of fused-ring (bicyclic) bond motifs is 2.